The van der Waals surface area contributed by atoms with E-state index in [1.54, 1.807) is 29.6 Å². The van der Waals surface area contributed by atoms with Gasteiger partial charge in [0.25, 0.3) is 0 Å². The van der Waals surface area contributed by atoms with Crippen molar-refractivity contribution in [3.05, 3.63) is 35.4 Å². The van der Waals surface area contributed by atoms with Gasteiger partial charge in [-0.25, -0.2) is 4.79 Å². The van der Waals surface area contributed by atoms with E-state index in [1.807, 2.05) is 0 Å². The first kappa shape index (κ1) is 14.4. The lowest BCUT2D eigenvalue weighted by atomic mass is 9.96. The fourth-order valence-corrected chi connectivity index (χ4v) is 2.43. The van der Waals surface area contributed by atoms with E-state index in [0.717, 1.165) is 11.1 Å². The average molecular weight is 287 g/mol. The lowest BCUT2D eigenvalue weighted by Gasteiger charge is -2.21. The van der Waals surface area contributed by atoms with Crippen LogP contribution in [0.3, 0.4) is 0 Å². The van der Waals surface area contributed by atoms with Gasteiger partial charge in [-0.1, -0.05) is 24.3 Å². The Morgan fingerprint density at radius 3 is 2.10 bits per heavy atom. The minimum atomic E-state index is -5.08. The second-order valence-corrected chi connectivity index (χ2v) is 4.72. The summed E-state index contributed by atoms with van der Waals surface area (Å²) in [5, 5.41) is 10.6. The Morgan fingerprint density at radius 2 is 1.70 bits per heavy atom. The van der Waals surface area contributed by atoms with Crippen molar-refractivity contribution in [1.82, 2.24) is 5.32 Å². The minimum Gasteiger partial charge on any atom is -0.480 e. The van der Waals surface area contributed by atoms with E-state index >= 15 is 0 Å². The molecule has 1 aromatic rings. The van der Waals surface area contributed by atoms with Gasteiger partial charge in [0.1, 0.15) is 6.04 Å². The van der Waals surface area contributed by atoms with Crippen LogP contribution < -0.4 is 5.32 Å². The number of carboxylic acid groups (broad SMARTS) is 1. The van der Waals surface area contributed by atoms with E-state index in [-0.39, 0.29) is 0 Å². The number of hydrogen-bond donors (Lipinski definition) is 2. The average Bonchev–Trinajstić information content (AvgIpc) is 2.77. The van der Waals surface area contributed by atoms with Crippen molar-refractivity contribution in [2.75, 3.05) is 0 Å². The number of fused-ring (bicyclic) bond motifs is 1. The summed E-state index contributed by atoms with van der Waals surface area (Å²) in [7, 11) is 0. The largest absolute Gasteiger partial charge is 0.480 e. The van der Waals surface area contributed by atoms with Gasteiger partial charge < -0.3 is 10.4 Å². The second kappa shape index (κ2) is 5.15. The number of benzene rings is 1. The highest BCUT2D eigenvalue weighted by Crippen LogP contribution is 2.29. The predicted octanol–water partition coefficient (Wildman–Crippen LogP) is 1.53. The molecule has 0 fully saturated rings. The fourth-order valence-electron chi connectivity index (χ4n) is 2.43. The molecule has 0 aromatic heterocycles. The number of rotatable bonds is 3. The Labute approximate surface area is 112 Å². The molecule has 1 aromatic carbocycles. The Kier molecular flexibility index (Phi) is 3.69. The molecule has 0 bridgehead atoms. The molecule has 1 amide bonds. The van der Waals surface area contributed by atoms with Crippen molar-refractivity contribution in [2.45, 2.75) is 25.1 Å². The third-order valence-corrected chi connectivity index (χ3v) is 3.36. The van der Waals surface area contributed by atoms with Gasteiger partial charge in [0.05, 0.1) is 0 Å². The first-order valence-corrected chi connectivity index (χ1v) is 5.96. The van der Waals surface area contributed by atoms with Gasteiger partial charge in [0.15, 0.2) is 0 Å². The molecule has 2 N–H and O–H groups in total. The van der Waals surface area contributed by atoms with Crippen LogP contribution in [0.2, 0.25) is 0 Å². The Balaban J connectivity index is 2.12. The van der Waals surface area contributed by atoms with Gasteiger partial charge in [0.2, 0.25) is 0 Å². The van der Waals surface area contributed by atoms with Gasteiger partial charge >= 0.3 is 18.1 Å². The number of aliphatic carboxylic acids is 1. The third kappa shape index (κ3) is 2.92. The van der Waals surface area contributed by atoms with Crippen LogP contribution >= 0.6 is 0 Å². The lowest BCUT2D eigenvalue weighted by Crippen LogP contribution is -2.50. The van der Waals surface area contributed by atoms with Gasteiger partial charge in [0, 0.05) is 0 Å². The number of carbonyl (C=O) groups is 2. The summed E-state index contributed by atoms with van der Waals surface area (Å²) in [6, 6.07) is 5.63. The molecule has 1 aliphatic carbocycles. The molecule has 0 saturated carbocycles. The smallest absolute Gasteiger partial charge is 0.471 e. The predicted molar refractivity (Wildman–Crippen MR) is 63.0 cm³/mol. The molecule has 0 saturated heterocycles. The zero-order valence-electron chi connectivity index (χ0n) is 10.3. The summed E-state index contributed by atoms with van der Waals surface area (Å²) < 4.78 is 36.7. The highest BCUT2D eigenvalue weighted by Gasteiger charge is 2.43. The number of hydrogen-bond acceptors (Lipinski definition) is 2. The topological polar surface area (TPSA) is 66.4 Å². The van der Waals surface area contributed by atoms with Crippen LogP contribution in [0.15, 0.2) is 24.3 Å². The zero-order chi connectivity index (χ0) is 14.9. The van der Waals surface area contributed by atoms with E-state index in [1.165, 1.54) is 0 Å². The van der Waals surface area contributed by atoms with Crippen LogP contribution in [0, 0.1) is 5.92 Å². The van der Waals surface area contributed by atoms with E-state index in [2.05, 4.69) is 0 Å². The molecule has 7 heteroatoms. The molecule has 0 heterocycles. The van der Waals surface area contributed by atoms with E-state index < -0.39 is 30.0 Å². The molecule has 4 nitrogen and oxygen atoms in total. The maximum Gasteiger partial charge on any atom is 0.471 e. The van der Waals surface area contributed by atoms with Crippen LogP contribution in [0.1, 0.15) is 11.1 Å². The monoisotopic (exact) mass is 287 g/mol. The Hall–Kier alpha value is -2.05. The Morgan fingerprint density at radius 1 is 1.20 bits per heavy atom. The van der Waals surface area contributed by atoms with Crippen molar-refractivity contribution in [3.8, 4) is 0 Å². The summed E-state index contributed by atoms with van der Waals surface area (Å²) in [5.74, 6) is -4.25. The van der Waals surface area contributed by atoms with Gasteiger partial charge in [-0.3, -0.25) is 4.79 Å². The first-order chi connectivity index (χ1) is 9.29. The standard InChI is InChI=1S/C13H12F3NO3/c14-13(15,16)12(20)17-10(11(18)19)9-5-7-3-1-2-4-8(7)6-9/h1-4,9-10H,5-6H2,(H,17,20)(H,18,19). The van der Waals surface area contributed by atoms with Gasteiger partial charge in [-0.05, 0) is 29.9 Å². The quantitative estimate of drug-likeness (QED) is 0.886. The molecule has 0 spiro atoms. The van der Waals surface area contributed by atoms with E-state index in [4.69, 9.17) is 5.11 Å². The van der Waals surface area contributed by atoms with Crippen molar-refractivity contribution < 1.29 is 27.9 Å². The maximum absolute atomic E-state index is 12.2. The highest BCUT2D eigenvalue weighted by atomic mass is 19.4. The van der Waals surface area contributed by atoms with Crippen LogP contribution in [-0.2, 0) is 22.4 Å². The van der Waals surface area contributed by atoms with Crippen LogP contribution in [0.25, 0.3) is 0 Å². The molecular formula is C13H12F3NO3. The number of nitrogens with one attached hydrogen (secondary N) is 1. The third-order valence-electron chi connectivity index (χ3n) is 3.36. The van der Waals surface area contributed by atoms with Gasteiger partial charge in [-0.15, -0.1) is 0 Å². The molecule has 20 heavy (non-hydrogen) atoms. The number of carbonyl (C=O) groups excluding carboxylic acids is 1. The SMILES string of the molecule is O=C(O)C(NC(=O)C(F)(F)F)C1Cc2ccccc2C1. The van der Waals surface area contributed by atoms with Crippen LogP contribution in [0.4, 0.5) is 13.2 Å². The van der Waals surface area contributed by atoms with Crippen molar-refractivity contribution in [2.24, 2.45) is 5.92 Å². The number of alkyl halides is 3. The van der Waals surface area contributed by atoms with E-state index in [9.17, 15) is 22.8 Å². The fraction of sp³-hybridized carbons (Fsp3) is 0.385. The molecule has 108 valence electrons. The molecule has 0 radical (unpaired) electrons. The lowest BCUT2D eigenvalue weighted by molar-refractivity contribution is -0.176. The zero-order valence-corrected chi connectivity index (χ0v) is 10.3. The normalized spacial score (nSPS) is 16.6. The van der Waals surface area contributed by atoms with Crippen molar-refractivity contribution in [3.63, 3.8) is 0 Å². The summed E-state index contributed by atoms with van der Waals surface area (Å²) in [4.78, 5) is 22.0. The summed E-state index contributed by atoms with van der Waals surface area (Å²) in [6.07, 6.45) is -4.41. The summed E-state index contributed by atoms with van der Waals surface area (Å²) in [6.45, 7) is 0. The van der Waals surface area contributed by atoms with Crippen LogP contribution in [-0.4, -0.2) is 29.2 Å². The maximum atomic E-state index is 12.2. The van der Waals surface area contributed by atoms with E-state index in [0.29, 0.717) is 12.8 Å². The molecule has 1 aliphatic rings. The molecule has 2 rings (SSSR count). The van der Waals surface area contributed by atoms with Crippen molar-refractivity contribution in [1.29, 1.82) is 0 Å². The highest BCUT2D eigenvalue weighted by molar-refractivity contribution is 5.87. The second-order valence-electron chi connectivity index (χ2n) is 4.72. The molecule has 0 aliphatic heterocycles. The van der Waals surface area contributed by atoms with Crippen molar-refractivity contribution >= 4 is 11.9 Å². The Bertz CT molecular complexity index is 517. The molecular weight excluding hydrogens is 275 g/mol. The molecule has 1 unspecified atom stereocenters. The number of halogens is 3. The van der Waals surface area contributed by atoms with Crippen LogP contribution in [0.5, 0.6) is 0 Å². The first-order valence-electron chi connectivity index (χ1n) is 5.96. The van der Waals surface area contributed by atoms with Gasteiger partial charge in [-0.2, -0.15) is 13.2 Å². The summed E-state index contributed by atoms with van der Waals surface area (Å²) in [5.41, 5.74) is 1.81. The number of carboxylic acids is 1. The number of amides is 1. The molecule has 1 atom stereocenters. The minimum absolute atomic E-state index is 0.339. The summed E-state index contributed by atoms with van der Waals surface area (Å²) >= 11 is 0.